The van der Waals surface area contributed by atoms with Crippen LogP contribution in [-0.4, -0.2) is 67.1 Å². The fourth-order valence-electron chi connectivity index (χ4n) is 2.56. The first-order valence-corrected chi connectivity index (χ1v) is 11.6. The van der Waals surface area contributed by atoms with Crippen molar-refractivity contribution in [2.75, 3.05) is 18.4 Å². The molecule has 0 atom stereocenters. The lowest BCUT2D eigenvalue weighted by molar-refractivity contribution is -0.193. The highest BCUT2D eigenvalue weighted by Gasteiger charge is 2.38. The molecule has 0 radical (unpaired) electrons. The molecule has 0 aliphatic rings. The molecule has 11 nitrogen and oxygen atoms in total. The van der Waals surface area contributed by atoms with Gasteiger partial charge in [0.25, 0.3) is 5.56 Å². The first kappa shape index (κ1) is 34.8. The molecule has 224 valence electrons. The van der Waals surface area contributed by atoms with Gasteiger partial charge in [0.2, 0.25) is 0 Å². The van der Waals surface area contributed by atoms with Gasteiger partial charge in [0.1, 0.15) is 5.15 Å². The van der Waals surface area contributed by atoms with E-state index in [9.17, 15) is 31.1 Å². The molecule has 41 heavy (non-hydrogen) atoms. The van der Waals surface area contributed by atoms with E-state index >= 15 is 0 Å². The van der Waals surface area contributed by atoms with E-state index < -0.39 is 24.3 Å². The zero-order valence-electron chi connectivity index (χ0n) is 20.8. The predicted molar refractivity (Wildman–Crippen MR) is 133 cm³/mol. The molecule has 3 aromatic rings. The molecule has 0 fully saturated rings. The van der Waals surface area contributed by atoms with Crippen molar-refractivity contribution in [3.63, 3.8) is 0 Å². The summed E-state index contributed by atoms with van der Waals surface area (Å²) in [5.74, 6) is -5.22. The Balaban J connectivity index is 0.000000497. The number of rotatable bonds is 9. The third-order valence-electron chi connectivity index (χ3n) is 4.43. The summed E-state index contributed by atoms with van der Waals surface area (Å²) < 4.78 is 65.0. The van der Waals surface area contributed by atoms with Crippen LogP contribution in [0.3, 0.4) is 0 Å². The summed E-state index contributed by atoms with van der Waals surface area (Å²) in [4.78, 5) is 43.0. The minimum atomic E-state index is -5.08. The number of hydrogen-bond donors (Lipinski definition) is 4. The summed E-state index contributed by atoms with van der Waals surface area (Å²) in [5.41, 5.74) is 1.67. The maximum atomic E-state index is 12.6. The number of aliphatic carboxylic acids is 2. The fourth-order valence-corrected chi connectivity index (χ4v) is 2.77. The zero-order valence-corrected chi connectivity index (χ0v) is 21.5. The largest absolute Gasteiger partial charge is 0.490 e. The summed E-state index contributed by atoms with van der Waals surface area (Å²) in [7, 11) is 0. The van der Waals surface area contributed by atoms with Crippen molar-refractivity contribution in [1.82, 2.24) is 24.8 Å². The van der Waals surface area contributed by atoms with Gasteiger partial charge in [-0.2, -0.15) is 26.3 Å². The second-order valence-corrected chi connectivity index (χ2v) is 7.88. The molecular formula is C23H23ClF6N6O5. The second kappa shape index (κ2) is 16.8. The van der Waals surface area contributed by atoms with Gasteiger partial charge < -0.3 is 20.8 Å². The molecule has 0 spiro atoms. The SMILES string of the molecule is O=C(O)C(F)(F)F.O=C(O)C(F)(F)F.O=c1c(NCCc2ccccn2)ncc(Cl)n1CCNCc1ccccn1. The first-order chi connectivity index (χ1) is 19.1. The van der Waals surface area contributed by atoms with Crippen LogP contribution in [0.25, 0.3) is 0 Å². The van der Waals surface area contributed by atoms with Gasteiger partial charge in [-0.1, -0.05) is 23.7 Å². The van der Waals surface area contributed by atoms with Gasteiger partial charge in [0, 0.05) is 50.7 Å². The Morgan fingerprint density at radius 3 is 1.83 bits per heavy atom. The van der Waals surface area contributed by atoms with E-state index in [0.717, 1.165) is 11.4 Å². The van der Waals surface area contributed by atoms with E-state index in [1.807, 2.05) is 36.4 Å². The third-order valence-corrected chi connectivity index (χ3v) is 4.74. The number of carboxylic acids is 2. The minimum absolute atomic E-state index is 0.233. The van der Waals surface area contributed by atoms with Gasteiger partial charge in [-0.3, -0.25) is 19.3 Å². The maximum absolute atomic E-state index is 12.6. The van der Waals surface area contributed by atoms with Crippen molar-refractivity contribution in [3.05, 3.63) is 81.9 Å². The van der Waals surface area contributed by atoms with Crippen LogP contribution < -0.4 is 16.2 Å². The Kier molecular flexibility index (Phi) is 14.2. The Bertz CT molecular complexity index is 1270. The van der Waals surface area contributed by atoms with Crippen LogP contribution in [0.1, 0.15) is 11.4 Å². The summed E-state index contributed by atoms with van der Waals surface area (Å²) in [6, 6.07) is 11.5. The monoisotopic (exact) mass is 612 g/mol. The average molecular weight is 613 g/mol. The van der Waals surface area contributed by atoms with E-state index in [0.29, 0.717) is 43.6 Å². The number of aromatic nitrogens is 4. The third kappa shape index (κ3) is 14.1. The van der Waals surface area contributed by atoms with E-state index in [2.05, 4.69) is 25.6 Å². The average Bonchev–Trinajstić information content (AvgIpc) is 2.90. The first-order valence-electron chi connectivity index (χ1n) is 11.2. The molecule has 0 aromatic carbocycles. The van der Waals surface area contributed by atoms with E-state index in [1.165, 1.54) is 10.8 Å². The van der Waals surface area contributed by atoms with Crippen LogP contribution in [0.4, 0.5) is 32.2 Å². The summed E-state index contributed by atoms with van der Waals surface area (Å²) in [6.07, 6.45) is -4.47. The fraction of sp³-hybridized carbons (Fsp3) is 0.304. The Hall–Kier alpha value is -4.25. The van der Waals surface area contributed by atoms with E-state index in [1.54, 1.807) is 12.4 Å². The van der Waals surface area contributed by atoms with Crippen LogP contribution >= 0.6 is 11.6 Å². The number of alkyl halides is 6. The van der Waals surface area contributed by atoms with Crippen molar-refractivity contribution < 1.29 is 46.1 Å². The standard InChI is InChI=1S/C19H21ClN6O.2C2HF3O2/c20-17-14-25-18(24-10-7-15-5-1-3-8-22-15)19(27)26(17)12-11-21-13-16-6-2-4-9-23-16;2*3-2(4,5)1(6)7/h1-6,8-9,14,21H,7,10-13H2,(H,24,25);2*(H,6,7). The molecule has 0 aliphatic carbocycles. The molecule has 0 aliphatic heterocycles. The molecule has 3 aromatic heterocycles. The van der Waals surface area contributed by atoms with Crippen molar-refractivity contribution in [1.29, 1.82) is 0 Å². The van der Waals surface area contributed by atoms with E-state index in [-0.39, 0.29) is 5.56 Å². The van der Waals surface area contributed by atoms with Crippen molar-refractivity contribution in [3.8, 4) is 0 Å². The predicted octanol–water partition coefficient (Wildman–Crippen LogP) is 3.40. The van der Waals surface area contributed by atoms with Gasteiger partial charge in [0.15, 0.2) is 5.82 Å². The molecule has 0 bridgehead atoms. The maximum Gasteiger partial charge on any atom is 0.490 e. The highest BCUT2D eigenvalue weighted by molar-refractivity contribution is 6.29. The molecule has 18 heteroatoms. The number of anilines is 1. The number of carboxylic acid groups (broad SMARTS) is 2. The highest BCUT2D eigenvalue weighted by atomic mass is 35.5. The van der Waals surface area contributed by atoms with Gasteiger partial charge in [0.05, 0.1) is 11.9 Å². The van der Waals surface area contributed by atoms with Gasteiger partial charge in [-0.25, -0.2) is 14.6 Å². The van der Waals surface area contributed by atoms with Crippen molar-refractivity contribution in [2.45, 2.75) is 31.9 Å². The lowest BCUT2D eigenvalue weighted by Crippen LogP contribution is -2.30. The van der Waals surface area contributed by atoms with Crippen LogP contribution in [0.15, 0.2) is 59.8 Å². The summed E-state index contributed by atoms with van der Waals surface area (Å²) >= 11 is 6.15. The van der Waals surface area contributed by atoms with Crippen LogP contribution in [-0.2, 0) is 29.1 Å². The molecule has 0 saturated heterocycles. The topological polar surface area (TPSA) is 159 Å². The van der Waals surface area contributed by atoms with Crippen LogP contribution in [0, 0.1) is 0 Å². The molecule has 3 rings (SSSR count). The molecular weight excluding hydrogens is 590 g/mol. The molecule has 0 amide bonds. The van der Waals surface area contributed by atoms with Crippen molar-refractivity contribution in [2.24, 2.45) is 0 Å². The van der Waals surface area contributed by atoms with Gasteiger partial charge >= 0.3 is 24.3 Å². The number of nitrogens with zero attached hydrogens (tertiary/aromatic N) is 4. The molecule has 0 saturated carbocycles. The Morgan fingerprint density at radius 1 is 0.854 bits per heavy atom. The molecule has 4 N–H and O–H groups in total. The minimum Gasteiger partial charge on any atom is -0.475 e. The number of pyridine rings is 2. The van der Waals surface area contributed by atoms with Gasteiger partial charge in [-0.15, -0.1) is 0 Å². The quantitative estimate of drug-likeness (QED) is 0.208. The lowest BCUT2D eigenvalue weighted by atomic mass is 10.3. The summed E-state index contributed by atoms with van der Waals surface area (Å²) in [5, 5.41) is 20.9. The van der Waals surface area contributed by atoms with Crippen molar-refractivity contribution >= 4 is 29.4 Å². The highest BCUT2D eigenvalue weighted by Crippen LogP contribution is 2.13. The lowest BCUT2D eigenvalue weighted by Gasteiger charge is -2.11. The van der Waals surface area contributed by atoms with Crippen LogP contribution in [0.5, 0.6) is 0 Å². The smallest absolute Gasteiger partial charge is 0.475 e. The Labute approximate surface area is 232 Å². The second-order valence-electron chi connectivity index (χ2n) is 7.49. The summed E-state index contributed by atoms with van der Waals surface area (Å²) in [6.45, 7) is 2.24. The Morgan fingerprint density at radius 2 is 1.37 bits per heavy atom. The molecule has 3 heterocycles. The molecule has 0 unspecified atom stereocenters. The van der Waals surface area contributed by atoms with Crippen LogP contribution in [0.2, 0.25) is 5.15 Å². The van der Waals surface area contributed by atoms with E-state index in [4.69, 9.17) is 31.4 Å². The number of nitrogens with one attached hydrogen (secondary N) is 2. The number of carbonyl (C=O) groups is 2. The zero-order chi connectivity index (χ0) is 31.1. The normalized spacial score (nSPS) is 10.9. The number of halogens is 7. The van der Waals surface area contributed by atoms with Gasteiger partial charge in [-0.05, 0) is 24.3 Å². The number of hydrogen-bond acceptors (Lipinski definition) is 8.